The Morgan fingerprint density at radius 2 is 1.70 bits per heavy atom. The number of rotatable bonds is 9. The minimum absolute atomic E-state index is 0.0150. The van der Waals surface area contributed by atoms with Gasteiger partial charge in [0, 0.05) is 18.4 Å². The van der Waals surface area contributed by atoms with Crippen LogP contribution >= 0.6 is 11.6 Å². The summed E-state index contributed by atoms with van der Waals surface area (Å²) in [7, 11) is 0. The number of hydrogen-bond acceptors (Lipinski definition) is 6. The number of fused-ring (bicyclic) bond motifs is 3. The molecular weight excluding hydrogens is 488 g/mol. The molecule has 3 saturated heterocycles. The maximum absolute atomic E-state index is 13.2. The van der Waals surface area contributed by atoms with E-state index in [1.165, 1.54) is 5.56 Å². The molecule has 3 aliphatic heterocycles. The Morgan fingerprint density at radius 3 is 2.38 bits per heavy atom. The zero-order valence-electron chi connectivity index (χ0n) is 20.6. The van der Waals surface area contributed by atoms with Crippen molar-refractivity contribution in [3.63, 3.8) is 0 Å². The number of quaternary nitrogens is 1. The minimum atomic E-state index is -0.343. The Balaban J connectivity index is 1.24. The summed E-state index contributed by atoms with van der Waals surface area (Å²) >= 11 is 6.12. The van der Waals surface area contributed by atoms with Crippen molar-refractivity contribution in [2.24, 2.45) is 15.9 Å². The topological polar surface area (TPSA) is 88.8 Å². The minimum Gasteiger partial charge on any atom is -0.489 e. The quantitative estimate of drug-likeness (QED) is 0.322. The molecule has 8 nitrogen and oxygen atoms in total. The molecule has 2 aromatic carbocycles. The zero-order chi connectivity index (χ0) is 25.8. The fraction of sp³-hybridized carbons (Fsp3) is 0.321. The molecule has 1 N–H and O–H groups in total. The molecule has 9 heteroatoms. The fourth-order valence-corrected chi connectivity index (χ4v) is 5.68. The number of piperidine rings is 3. The number of ether oxygens (including phenoxy) is 1. The molecule has 1 atom stereocenters. The number of nitrogens with zero attached hydrogens (tertiary/aromatic N) is 5. The van der Waals surface area contributed by atoms with Gasteiger partial charge in [-0.15, -0.1) is 0 Å². The lowest BCUT2D eigenvalue weighted by molar-refractivity contribution is -0.956. The molecule has 4 heterocycles. The molecule has 0 radical (unpaired) electrons. The van der Waals surface area contributed by atoms with Gasteiger partial charge in [-0.1, -0.05) is 41.9 Å². The lowest BCUT2D eigenvalue weighted by Gasteiger charge is -2.52. The average molecular weight is 518 g/mol. The summed E-state index contributed by atoms with van der Waals surface area (Å²) in [5, 5.41) is 3.20. The lowest BCUT2D eigenvalue weighted by Crippen LogP contribution is -2.66. The first-order chi connectivity index (χ1) is 18.0. The van der Waals surface area contributed by atoms with Crippen LogP contribution in [0.15, 0.2) is 64.6 Å². The summed E-state index contributed by atoms with van der Waals surface area (Å²) in [5.41, 5.74) is 2.47. The van der Waals surface area contributed by atoms with Crippen LogP contribution in [0.3, 0.4) is 0 Å². The van der Waals surface area contributed by atoms with E-state index in [9.17, 15) is 4.79 Å². The fourth-order valence-electron chi connectivity index (χ4n) is 5.49. The standard InChI is InChI=1S/C28H29ClN6O2/c1-30-26-24(33-25(29)27(31-2)34-26)28(36)32-23-17-35(14-12-21(23)13-15-35)16-19-8-10-22(11-9-19)37-18-20-6-4-3-5-7-20/h3-11,21,23H,1-2,12-18H2/p+1. The van der Waals surface area contributed by atoms with Crippen LogP contribution in [0.2, 0.25) is 5.15 Å². The summed E-state index contributed by atoms with van der Waals surface area (Å²) < 4.78 is 6.89. The van der Waals surface area contributed by atoms with Gasteiger partial charge in [0.25, 0.3) is 5.91 Å². The number of carbonyl (C=O) groups excluding carboxylic acids is 1. The number of hydrogen-bond donors (Lipinski definition) is 1. The van der Waals surface area contributed by atoms with Crippen molar-refractivity contribution < 1.29 is 14.0 Å². The largest absolute Gasteiger partial charge is 0.489 e. The van der Waals surface area contributed by atoms with Gasteiger partial charge < -0.3 is 14.5 Å². The van der Waals surface area contributed by atoms with Crippen LogP contribution in [0, 0.1) is 5.92 Å². The zero-order valence-corrected chi connectivity index (χ0v) is 21.4. The van der Waals surface area contributed by atoms with Crippen molar-refractivity contribution in [2.75, 3.05) is 19.6 Å². The van der Waals surface area contributed by atoms with Crippen molar-refractivity contribution in [1.82, 2.24) is 15.3 Å². The van der Waals surface area contributed by atoms with E-state index in [1.54, 1.807) is 0 Å². The molecule has 6 rings (SSSR count). The van der Waals surface area contributed by atoms with E-state index >= 15 is 0 Å². The van der Waals surface area contributed by atoms with E-state index in [-0.39, 0.29) is 34.4 Å². The Bertz CT molecular complexity index is 1290. The second-order valence-electron chi connectivity index (χ2n) is 9.79. The number of nitrogens with one attached hydrogen (secondary N) is 1. The van der Waals surface area contributed by atoms with E-state index in [4.69, 9.17) is 16.3 Å². The first-order valence-electron chi connectivity index (χ1n) is 12.4. The third-order valence-electron chi connectivity index (χ3n) is 7.44. The summed E-state index contributed by atoms with van der Waals surface area (Å²) in [6.07, 6.45) is 2.14. The molecule has 1 unspecified atom stereocenters. The molecule has 190 valence electrons. The van der Waals surface area contributed by atoms with Crippen molar-refractivity contribution >= 4 is 42.6 Å². The summed E-state index contributed by atoms with van der Waals surface area (Å²) in [6, 6.07) is 18.6. The van der Waals surface area contributed by atoms with Gasteiger partial charge in [0.2, 0.25) is 0 Å². The molecule has 3 aliphatic rings. The molecule has 2 bridgehead atoms. The number of carbonyl (C=O) groups is 1. The van der Waals surface area contributed by atoms with Crippen LogP contribution in [0.1, 0.15) is 34.5 Å². The highest BCUT2D eigenvalue weighted by molar-refractivity contribution is 6.31. The van der Waals surface area contributed by atoms with Crippen molar-refractivity contribution in [2.45, 2.75) is 32.0 Å². The predicted molar refractivity (Wildman–Crippen MR) is 145 cm³/mol. The van der Waals surface area contributed by atoms with Gasteiger partial charge in [0.1, 0.15) is 18.9 Å². The second-order valence-corrected chi connectivity index (χ2v) is 10.1. The van der Waals surface area contributed by atoms with Gasteiger partial charge >= 0.3 is 0 Å². The molecular formula is C28H30ClN6O2+. The van der Waals surface area contributed by atoms with Crippen molar-refractivity contribution in [1.29, 1.82) is 0 Å². The SMILES string of the molecule is C=Nc1nc(N=C)c(C(=O)NC2C[N+]3(Cc4ccc(OCc5ccccc5)cc4)CCC2CC3)nc1Cl. The lowest BCUT2D eigenvalue weighted by atomic mass is 9.81. The normalized spacial score (nSPS) is 22.3. The highest BCUT2D eigenvalue weighted by Gasteiger charge is 2.46. The number of aliphatic imine (C=N–C) groups is 2. The molecule has 37 heavy (non-hydrogen) atoms. The highest BCUT2D eigenvalue weighted by atomic mass is 35.5. The van der Waals surface area contributed by atoms with Gasteiger partial charge in [0.15, 0.2) is 22.5 Å². The first-order valence-corrected chi connectivity index (χ1v) is 12.8. The van der Waals surface area contributed by atoms with E-state index in [0.29, 0.717) is 12.5 Å². The Labute approximate surface area is 221 Å². The van der Waals surface area contributed by atoms with E-state index in [0.717, 1.165) is 54.8 Å². The Kier molecular flexibility index (Phi) is 7.30. The highest BCUT2D eigenvalue weighted by Crippen LogP contribution is 2.36. The van der Waals surface area contributed by atoms with Gasteiger partial charge in [0.05, 0.1) is 25.7 Å². The van der Waals surface area contributed by atoms with Crippen molar-refractivity contribution in [3.05, 3.63) is 76.6 Å². The van der Waals surface area contributed by atoms with Gasteiger partial charge in [-0.25, -0.2) is 20.0 Å². The summed E-state index contributed by atoms with van der Waals surface area (Å²) in [6.45, 7) is 11.5. The van der Waals surface area contributed by atoms with Crippen LogP contribution in [0.25, 0.3) is 0 Å². The van der Waals surface area contributed by atoms with Crippen LogP contribution in [0.4, 0.5) is 11.6 Å². The number of benzene rings is 2. The number of halogens is 1. The Hall–Kier alpha value is -3.62. The molecule has 0 aliphatic carbocycles. The first kappa shape index (κ1) is 25.0. The second kappa shape index (κ2) is 10.8. The van der Waals surface area contributed by atoms with Crippen LogP contribution in [-0.4, -0.2) is 59.5 Å². The third kappa shape index (κ3) is 5.55. The molecule has 0 spiro atoms. The molecule has 0 saturated carbocycles. The number of amides is 1. The molecule has 3 fully saturated rings. The van der Waals surface area contributed by atoms with E-state index in [2.05, 4.69) is 63.0 Å². The molecule has 1 amide bonds. The number of aromatic nitrogens is 2. The monoisotopic (exact) mass is 517 g/mol. The van der Waals surface area contributed by atoms with E-state index in [1.807, 2.05) is 30.3 Å². The van der Waals surface area contributed by atoms with Crippen LogP contribution < -0.4 is 10.1 Å². The van der Waals surface area contributed by atoms with Crippen LogP contribution in [-0.2, 0) is 13.2 Å². The van der Waals surface area contributed by atoms with E-state index < -0.39 is 0 Å². The third-order valence-corrected chi connectivity index (χ3v) is 7.69. The summed E-state index contributed by atoms with van der Waals surface area (Å²) in [4.78, 5) is 29.0. The molecule has 3 aromatic rings. The summed E-state index contributed by atoms with van der Waals surface area (Å²) in [5.74, 6) is 1.19. The maximum atomic E-state index is 13.2. The van der Waals surface area contributed by atoms with Gasteiger partial charge in [-0.3, -0.25) is 4.79 Å². The predicted octanol–water partition coefficient (Wildman–Crippen LogP) is 4.91. The smallest absolute Gasteiger partial charge is 0.274 e. The van der Waals surface area contributed by atoms with Gasteiger partial charge in [-0.05, 0) is 49.2 Å². The Morgan fingerprint density at radius 1 is 1.00 bits per heavy atom. The maximum Gasteiger partial charge on any atom is 0.274 e. The molecule has 1 aromatic heterocycles. The average Bonchev–Trinajstić information content (AvgIpc) is 2.93. The van der Waals surface area contributed by atoms with Crippen molar-refractivity contribution in [3.8, 4) is 5.75 Å². The van der Waals surface area contributed by atoms with Crippen LogP contribution in [0.5, 0.6) is 5.75 Å². The van der Waals surface area contributed by atoms with Gasteiger partial charge in [-0.2, -0.15) is 0 Å².